The molecule has 4 unspecified atom stereocenters. The van der Waals surface area contributed by atoms with E-state index >= 15 is 0 Å². The monoisotopic (exact) mass is 819 g/mol. The highest BCUT2D eigenvalue weighted by Gasteiger charge is 2.27. The fourth-order valence-electron chi connectivity index (χ4n) is 6.22. The first-order chi connectivity index (χ1) is 22.7. The van der Waals surface area contributed by atoms with E-state index in [1.165, 1.54) is 39.0 Å². The minimum atomic E-state index is -0.680. The molecule has 8 nitrogen and oxygen atoms in total. The molecule has 0 bridgehead atoms. The zero-order valence-electron chi connectivity index (χ0n) is 30.1. The van der Waals surface area contributed by atoms with Crippen molar-refractivity contribution in [2.24, 2.45) is 5.92 Å². The first-order valence-electron chi connectivity index (χ1n) is 18.1. The van der Waals surface area contributed by atoms with Crippen molar-refractivity contribution in [1.82, 2.24) is 0 Å². The summed E-state index contributed by atoms with van der Waals surface area (Å²) < 4.78 is 23.0. The molecule has 57 heavy (non-hydrogen) atoms. The van der Waals surface area contributed by atoms with Gasteiger partial charge < -0.3 is 18.9 Å². The number of carbonyl (C=O) groups excluding carboxylic acids is 4. The number of Topliss-reactive ketones (excluding diaryl/α,β-unsaturated/α-hetero) is 1. The Kier molecular flexibility index (Phi) is 70.8. The van der Waals surface area contributed by atoms with Crippen LogP contribution in [0.2, 0.25) is 0 Å². The average Bonchev–Trinajstić information content (AvgIpc) is 3.03. The Hall–Kier alpha value is -2.68. The second kappa shape index (κ2) is 51.3. The predicted molar refractivity (Wildman–Crippen MR) is 255 cm³/mol. The molecule has 0 aromatic rings. The van der Waals surface area contributed by atoms with Crippen molar-refractivity contribution >= 4 is 32.1 Å². The fraction of sp³-hybridized carbons (Fsp3) is 0.792. The lowest BCUT2D eigenvalue weighted by molar-refractivity contribution is -0.162. The molecule has 1 aliphatic carbocycles. The number of methoxy groups -OCH3 is 1. The maximum absolute atomic E-state index is 13.3. The van der Waals surface area contributed by atoms with Crippen LogP contribution in [-0.4, -0.2) is 63.6 Å². The Bertz CT molecular complexity index is 939. The number of hydrogen-bond donors (Lipinski definition) is 0. The molecule has 0 aromatic carbocycles. The Morgan fingerprint density at radius 1 is 0.544 bits per heavy atom. The van der Waals surface area contributed by atoms with Crippen LogP contribution < -0.4 is 0 Å². The Balaban J connectivity index is -0.000000223. The predicted octanol–water partition coefficient (Wildman–Crippen LogP) is 14.7. The number of ketones is 1. The van der Waals surface area contributed by atoms with E-state index in [1.54, 1.807) is 13.2 Å². The average molecular weight is 819 g/mol. The van der Waals surface area contributed by atoms with Gasteiger partial charge in [-0.25, -0.2) is 0 Å². The van der Waals surface area contributed by atoms with Crippen LogP contribution in [0.4, 0.5) is 0 Å². The minimum Gasteiger partial charge on any atom is -0.462 e. The third-order valence-corrected chi connectivity index (χ3v) is 8.81. The van der Waals surface area contributed by atoms with Crippen LogP contribution in [0.3, 0.4) is 0 Å². The van der Waals surface area contributed by atoms with E-state index in [1.807, 2.05) is 12.2 Å². The first-order valence-corrected chi connectivity index (χ1v) is 18.1. The molecule has 1 rings (SSSR count). The van der Waals surface area contributed by atoms with Gasteiger partial charge in [-0.1, -0.05) is 130 Å². The summed E-state index contributed by atoms with van der Waals surface area (Å²) in [5.41, 5.74) is 0. The summed E-state index contributed by atoms with van der Waals surface area (Å²) in [6, 6.07) is 0. The lowest BCUT2D eigenvalue weighted by Gasteiger charge is -2.26. The lowest BCUT2D eigenvalue weighted by atomic mass is 9.85. The minimum absolute atomic E-state index is 0. The topological polar surface area (TPSA) is 105 Å². The normalized spacial score (nSPS) is 13.1. The molecule has 0 spiro atoms. The molecule has 345 valence electrons. The first kappa shape index (κ1) is 78.6. The van der Waals surface area contributed by atoms with Crippen LogP contribution >= 0.6 is 0 Å². The van der Waals surface area contributed by atoms with Gasteiger partial charge in [-0.2, -0.15) is 0 Å². The van der Waals surface area contributed by atoms with Crippen molar-refractivity contribution in [1.29, 1.82) is 0 Å². The number of ether oxygens (including phenoxy) is 4. The summed E-state index contributed by atoms with van der Waals surface area (Å²) in [4.78, 5) is 51.0. The molecule has 0 aromatic heterocycles. The lowest BCUT2D eigenvalue weighted by Crippen LogP contribution is -2.30. The van der Waals surface area contributed by atoms with Gasteiger partial charge in [-0.3, -0.25) is 19.2 Å². The summed E-state index contributed by atoms with van der Waals surface area (Å²) in [6.07, 6.45) is 19.8. The standard InChI is InChI=1S/C39H64O8.9CH4.B.H2/c1-6-9-12-14-15-20-25-35(47-39(43)30-36(44-5)27-32-21-17-16-18-22-32)29-38(42)46-34(24-19-13-10-7-2)28-37(41)45-33(23-11-8-3)26-31(4)40;;;;;;;;;;;/h6-8,32-36H,1-3,9-30H2,4-5H3;9*1H4;;1H/i;;;;;;;;;;;1+1. The highest BCUT2D eigenvalue weighted by Crippen LogP contribution is 2.29. The van der Waals surface area contributed by atoms with Gasteiger partial charge in [0, 0.05) is 23.4 Å². The highest BCUT2D eigenvalue weighted by molar-refractivity contribution is 5.77. The highest BCUT2D eigenvalue weighted by atomic mass is 16.6. The van der Waals surface area contributed by atoms with E-state index in [2.05, 4.69) is 19.7 Å². The summed E-state index contributed by atoms with van der Waals surface area (Å²) in [5, 5.41) is 0. The van der Waals surface area contributed by atoms with E-state index < -0.39 is 30.3 Å². The third kappa shape index (κ3) is 42.7. The molecular weight excluding hydrogens is 715 g/mol. The molecule has 0 saturated heterocycles. The quantitative estimate of drug-likeness (QED) is 0.0242. The van der Waals surface area contributed by atoms with E-state index in [0.717, 1.165) is 57.8 Å². The zero-order valence-corrected chi connectivity index (χ0v) is 30.1. The van der Waals surface area contributed by atoms with Crippen LogP contribution in [-0.2, 0) is 38.1 Å². The van der Waals surface area contributed by atoms with Gasteiger partial charge in [-0.15, -0.1) is 19.7 Å². The van der Waals surface area contributed by atoms with Crippen molar-refractivity contribution in [2.45, 2.75) is 239 Å². The van der Waals surface area contributed by atoms with E-state index in [4.69, 9.17) is 18.9 Å². The van der Waals surface area contributed by atoms with Crippen LogP contribution in [0.25, 0.3) is 0 Å². The summed E-state index contributed by atoms with van der Waals surface area (Å²) in [7, 11) is 1.64. The van der Waals surface area contributed by atoms with Crippen molar-refractivity contribution in [3.63, 3.8) is 0 Å². The molecule has 1 saturated carbocycles. The van der Waals surface area contributed by atoms with Gasteiger partial charge in [0.2, 0.25) is 0 Å². The second-order valence-electron chi connectivity index (χ2n) is 13.2. The smallest absolute Gasteiger partial charge is 0.309 e. The van der Waals surface area contributed by atoms with E-state index in [0.29, 0.717) is 31.6 Å². The number of esters is 3. The fourth-order valence-corrected chi connectivity index (χ4v) is 6.22. The maximum atomic E-state index is 13.3. The van der Waals surface area contributed by atoms with Gasteiger partial charge in [0.05, 0.1) is 25.4 Å². The zero-order chi connectivity index (χ0) is 34.7. The molecule has 1 aliphatic rings. The molecule has 0 aliphatic heterocycles. The number of hydrogen-bond acceptors (Lipinski definition) is 8. The number of unbranched alkanes of at least 4 members (excludes halogenated alkanes) is 6. The Morgan fingerprint density at radius 2 is 0.912 bits per heavy atom. The van der Waals surface area contributed by atoms with Gasteiger partial charge in [0.15, 0.2) is 0 Å². The molecule has 0 N–H and O–H groups in total. The van der Waals surface area contributed by atoms with Crippen molar-refractivity contribution in [2.75, 3.05) is 7.11 Å². The summed E-state index contributed by atoms with van der Waals surface area (Å²) in [5.74, 6) is -0.872. The number of carbonyl (C=O) groups is 4. The largest absolute Gasteiger partial charge is 0.462 e. The number of rotatable bonds is 29. The van der Waals surface area contributed by atoms with Gasteiger partial charge >= 0.3 is 17.9 Å². The molecular formula is C48H102BO8. The second-order valence-corrected chi connectivity index (χ2v) is 13.2. The van der Waals surface area contributed by atoms with E-state index in [9.17, 15) is 19.2 Å². The van der Waals surface area contributed by atoms with Gasteiger partial charge in [-0.05, 0) is 83.5 Å². The van der Waals surface area contributed by atoms with Gasteiger partial charge in [0.25, 0.3) is 0 Å². The molecule has 4 atom stereocenters. The van der Waals surface area contributed by atoms with Crippen LogP contribution in [0.5, 0.6) is 0 Å². The summed E-state index contributed by atoms with van der Waals surface area (Å²) in [6.45, 7) is 12.7. The molecule has 0 heterocycles. The van der Waals surface area contributed by atoms with Crippen LogP contribution in [0.15, 0.2) is 38.0 Å². The van der Waals surface area contributed by atoms with Crippen molar-refractivity contribution < 1.29 is 39.6 Å². The van der Waals surface area contributed by atoms with Gasteiger partial charge in [0.1, 0.15) is 24.1 Å². The van der Waals surface area contributed by atoms with Crippen LogP contribution in [0.1, 0.15) is 216 Å². The molecule has 9 heteroatoms. The summed E-state index contributed by atoms with van der Waals surface area (Å²) >= 11 is 0. The molecule has 1 fully saturated rings. The maximum Gasteiger partial charge on any atom is 0.309 e. The Labute approximate surface area is 361 Å². The molecule has 0 amide bonds. The van der Waals surface area contributed by atoms with Crippen LogP contribution in [0, 0.1) is 5.92 Å². The molecule has 3 radical (unpaired) electrons. The SMILES string of the molecule is C.C.C.C.C.C.C.C.C.C=CCCCCCCC(CC(=O)OC(CCCCC=C)CC(=O)OC(CCC=C)CC(C)=O)OC(=O)CC(CC1CCCCC1)OC.[2HH].[B]. The Morgan fingerprint density at radius 3 is 1.32 bits per heavy atom. The number of allylic oxidation sites excluding steroid dienone is 3. The van der Waals surface area contributed by atoms with Crippen molar-refractivity contribution in [3.8, 4) is 0 Å². The third-order valence-electron chi connectivity index (χ3n) is 8.81. The van der Waals surface area contributed by atoms with Crippen molar-refractivity contribution in [3.05, 3.63) is 38.0 Å². The van der Waals surface area contributed by atoms with E-state index in [-0.39, 0.29) is 120 Å².